The molecule has 1 saturated carbocycles. The number of esters is 1. The highest BCUT2D eigenvalue weighted by atomic mass is 16.5. The van der Waals surface area contributed by atoms with Crippen LogP contribution in [0.4, 0.5) is 0 Å². The summed E-state index contributed by atoms with van der Waals surface area (Å²) in [5, 5.41) is 1.01. The maximum absolute atomic E-state index is 12.5. The van der Waals surface area contributed by atoms with Crippen LogP contribution in [0.15, 0.2) is 22.6 Å². The minimum absolute atomic E-state index is 0.0124. The molecule has 2 aromatic rings. The van der Waals surface area contributed by atoms with E-state index >= 15 is 0 Å². The quantitative estimate of drug-likeness (QED) is 0.447. The van der Waals surface area contributed by atoms with Gasteiger partial charge in [-0.15, -0.1) is 0 Å². The first-order chi connectivity index (χ1) is 14.1. The number of carbonyl (C=O) groups is 3. The number of fused-ring (bicyclic) bond motifs is 4. The number of hydrogen-bond donors (Lipinski definition) is 0. The lowest BCUT2D eigenvalue weighted by atomic mass is 9.81. The summed E-state index contributed by atoms with van der Waals surface area (Å²) in [5.74, 6) is 0.505. The molecule has 5 rings (SSSR count). The Labute approximate surface area is 169 Å². The summed E-state index contributed by atoms with van der Waals surface area (Å²) in [6.07, 6.45) is 7.80. The van der Waals surface area contributed by atoms with Gasteiger partial charge in [-0.2, -0.15) is 0 Å². The number of imide groups is 1. The van der Waals surface area contributed by atoms with E-state index in [1.54, 1.807) is 6.07 Å². The van der Waals surface area contributed by atoms with Gasteiger partial charge in [-0.05, 0) is 50.3 Å². The zero-order valence-electron chi connectivity index (χ0n) is 16.4. The predicted octanol–water partition coefficient (Wildman–Crippen LogP) is 3.78. The molecule has 0 N–H and O–H groups in total. The normalized spacial score (nSPS) is 23.9. The average Bonchev–Trinajstić information content (AvgIpc) is 3.22. The minimum atomic E-state index is -0.433. The van der Waals surface area contributed by atoms with Crippen molar-refractivity contribution in [3.8, 4) is 5.75 Å². The molecule has 29 heavy (non-hydrogen) atoms. The van der Waals surface area contributed by atoms with Crippen molar-refractivity contribution < 1.29 is 23.5 Å². The molecule has 6 heteroatoms. The molecule has 1 aromatic heterocycles. The third-order valence-electron chi connectivity index (χ3n) is 6.63. The first kappa shape index (κ1) is 18.4. The number of amides is 2. The third kappa shape index (κ3) is 3.24. The summed E-state index contributed by atoms with van der Waals surface area (Å²) in [6, 6.07) is 5.44. The highest BCUT2D eigenvalue weighted by Crippen LogP contribution is 2.38. The van der Waals surface area contributed by atoms with E-state index in [0.29, 0.717) is 5.75 Å². The molecular formula is C23H25NO5. The standard InChI is InChI=1S/C23H25NO5/c25-21(11-12-24-22(26)16-6-1-2-7-17(16)23(24)27)28-14-9-10-20-18(13-14)15-5-3-4-8-19(15)29-20/h9-10,13,16-17H,1-8,11-12H2/t16-,17+. The summed E-state index contributed by atoms with van der Waals surface area (Å²) in [5.41, 5.74) is 2.05. The van der Waals surface area contributed by atoms with Crippen molar-refractivity contribution >= 4 is 28.8 Å². The number of ether oxygens (including phenoxy) is 1. The third-order valence-corrected chi connectivity index (χ3v) is 6.63. The van der Waals surface area contributed by atoms with Crippen LogP contribution in [0.1, 0.15) is 56.3 Å². The van der Waals surface area contributed by atoms with Gasteiger partial charge in [-0.1, -0.05) is 12.8 Å². The summed E-state index contributed by atoms with van der Waals surface area (Å²) >= 11 is 0. The van der Waals surface area contributed by atoms with E-state index in [1.165, 1.54) is 10.5 Å². The molecule has 1 saturated heterocycles. The fourth-order valence-electron chi connectivity index (χ4n) is 5.14. The van der Waals surface area contributed by atoms with Gasteiger partial charge in [-0.3, -0.25) is 19.3 Å². The molecule has 152 valence electrons. The molecule has 3 aliphatic rings. The van der Waals surface area contributed by atoms with Crippen molar-refractivity contribution in [2.45, 2.75) is 57.8 Å². The molecule has 1 aromatic carbocycles. The second kappa shape index (κ2) is 7.32. The Morgan fingerprint density at radius 2 is 1.76 bits per heavy atom. The van der Waals surface area contributed by atoms with Crippen LogP contribution in [0.5, 0.6) is 5.75 Å². The van der Waals surface area contributed by atoms with E-state index in [0.717, 1.165) is 68.1 Å². The summed E-state index contributed by atoms with van der Waals surface area (Å²) in [6.45, 7) is 0.104. The van der Waals surface area contributed by atoms with E-state index in [9.17, 15) is 14.4 Å². The Bertz CT molecular complexity index is 967. The van der Waals surface area contributed by atoms with Crippen molar-refractivity contribution in [2.75, 3.05) is 6.54 Å². The molecule has 0 radical (unpaired) electrons. The van der Waals surface area contributed by atoms with Gasteiger partial charge in [0.15, 0.2) is 0 Å². The highest BCUT2D eigenvalue weighted by molar-refractivity contribution is 6.05. The van der Waals surface area contributed by atoms with Crippen LogP contribution in [0, 0.1) is 11.8 Å². The number of furan rings is 1. The lowest BCUT2D eigenvalue weighted by molar-refractivity contribution is -0.141. The molecule has 2 fully saturated rings. The zero-order valence-corrected chi connectivity index (χ0v) is 16.4. The monoisotopic (exact) mass is 395 g/mol. The van der Waals surface area contributed by atoms with Gasteiger partial charge < -0.3 is 9.15 Å². The van der Waals surface area contributed by atoms with Gasteiger partial charge in [0, 0.05) is 23.9 Å². The number of nitrogens with zero attached hydrogens (tertiary/aromatic N) is 1. The molecule has 2 amide bonds. The second-order valence-electron chi connectivity index (χ2n) is 8.42. The Hall–Kier alpha value is -2.63. The second-order valence-corrected chi connectivity index (χ2v) is 8.42. The lowest BCUT2D eigenvalue weighted by Gasteiger charge is -2.19. The molecule has 2 atom stereocenters. The SMILES string of the molecule is O=C(CCN1C(=O)[C@H]2CCCC[C@H]2C1=O)Oc1ccc2oc3c(c2c1)CCCC3. The predicted molar refractivity (Wildman–Crippen MR) is 105 cm³/mol. The average molecular weight is 395 g/mol. The molecule has 0 unspecified atom stereocenters. The Morgan fingerprint density at radius 1 is 1.03 bits per heavy atom. The molecular weight excluding hydrogens is 370 g/mol. The van der Waals surface area contributed by atoms with Gasteiger partial charge in [0.2, 0.25) is 11.8 Å². The van der Waals surface area contributed by atoms with Gasteiger partial charge in [0.05, 0.1) is 18.3 Å². The molecule has 1 aliphatic heterocycles. The maximum Gasteiger partial charge on any atom is 0.312 e. The van der Waals surface area contributed by atoms with E-state index in [-0.39, 0.29) is 36.6 Å². The van der Waals surface area contributed by atoms with E-state index in [4.69, 9.17) is 9.15 Å². The molecule has 2 heterocycles. The van der Waals surface area contributed by atoms with Crippen molar-refractivity contribution in [3.05, 3.63) is 29.5 Å². The highest BCUT2D eigenvalue weighted by Gasteiger charge is 2.47. The van der Waals surface area contributed by atoms with Crippen LogP contribution < -0.4 is 4.74 Å². The number of aryl methyl sites for hydroxylation is 2. The molecule has 0 bridgehead atoms. The topological polar surface area (TPSA) is 76.8 Å². The van der Waals surface area contributed by atoms with E-state index < -0.39 is 5.97 Å². The van der Waals surface area contributed by atoms with Crippen LogP contribution in [-0.4, -0.2) is 29.2 Å². The summed E-state index contributed by atoms with van der Waals surface area (Å²) in [4.78, 5) is 38.7. The smallest absolute Gasteiger partial charge is 0.312 e. The Balaban J connectivity index is 1.24. The number of hydrogen-bond acceptors (Lipinski definition) is 5. The van der Waals surface area contributed by atoms with Gasteiger partial charge in [0.1, 0.15) is 17.1 Å². The van der Waals surface area contributed by atoms with Crippen LogP contribution in [0.25, 0.3) is 11.0 Å². The van der Waals surface area contributed by atoms with Crippen LogP contribution in [-0.2, 0) is 27.2 Å². The van der Waals surface area contributed by atoms with Crippen molar-refractivity contribution in [2.24, 2.45) is 11.8 Å². The minimum Gasteiger partial charge on any atom is -0.461 e. The number of carbonyl (C=O) groups excluding carboxylic acids is 3. The fourth-order valence-corrected chi connectivity index (χ4v) is 5.14. The molecule has 2 aliphatic carbocycles. The van der Waals surface area contributed by atoms with Crippen LogP contribution in [0.2, 0.25) is 0 Å². The van der Waals surface area contributed by atoms with Gasteiger partial charge in [0.25, 0.3) is 0 Å². The van der Waals surface area contributed by atoms with Gasteiger partial charge >= 0.3 is 5.97 Å². The molecule has 6 nitrogen and oxygen atoms in total. The van der Waals surface area contributed by atoms with E-state index in [2.05, 4.69) is 0 Å². The first-order valence-corrected chi connectivity index (χ1v) is 10.7. The number of benzene rings is 1. The van der Waals surface area contributed by atoms with Crippen molar-refractivity contribution in [3.63, 3.8) is 0 Å². The Kier molecular flexibility index (Phi) is 4.64. The van der Waals surface area contributed by atoms with Crippen LogP contribution >= 0.6 is 0 Å². The zero-order chi connectivity index (χ0) is 20.0. The van der Waals surface area contributed by atoms with Gasteiger partial charge in [-0.25, -0.2) is 0 Å². The lowest BCUT2D eigenvalue weighted by Crippen LogP contribution is -2.33. The fraction of sp³-hybridized carbons (Fsp3) is 0.522. The number of rotatable bonds is 4. The largest absolute Gasteiger partial charge is 0.461 e. The maximum atomic E-state index is 12.5. The van der Waals surface area contributed by atoms with Crippen molar-refractivity contribution in [1.29, 1.82) is 0 Å². The van der Waals surface area contributed by atoms with E-state index in [1.807, 2.05) is 12.1 Å². The summed E-state index contributed by atoms with van der Waals surface area (Å²) < 4.78 is 11.4. The number of likely N-dealkylation sites (tertiary alicyclic amines) is 1. The summed E-state index contributed by atoms with van der Waals surface area (Å²) in [7, 11) is 0. The molecule has 0 spiro atoms. The first-order valence-electron chi connectivity index (χ1n) is 10.7. The Morgan fingerprint density at radius 3 is 2.52 bits per heavy atom. The van der Waals surface area contributed by atoms with Crippen molar-refractivity contribution in [1.82, 2.24) is 4.90 Å². The van der Waals surface area contributed by atoms with Crippen LogP contribution in [0.3, 0.4) is 0 Å².